The number of nitriles is 1. The lowest BCUT2D eigenvalue weighted by molar-refractivity contribution is 0.105. The first-order valence-electron chi connectivity index (χ1n) is 8.27. The Balaban J connectivity index is 2.03. The van der Waals surface area contributed by atoms with Gasteiger partial charge >= 0.3 is 0 Å². The van der Waals surface area contributed by atoms with Gasteiger partial charge in [-0.25, -0.2) is 4.98 Å². The number of aromatic amines is 1. The number of H-pyrrole nitrogens is 1. The molecule has 0 radical (unpaired) electrons. The molecule has 1 aliphatic carbocycles. The molecular formula is C18H15ClN4O2. The maximum absolute atomic E-state index is 12.4. The van der Waals surface area contributed by atoms with E-state index in [9.17, 15) is 9.59 Å². The molecule has 3 aromatic rings. The van der Waals surface area contributed by atoms with Crippen molar-refractivity contribution in [3.05, 3.63) is 45.1 Å². The Labute approximate surface area is 148 Å². The fourth-order valence-corrected chi connectivity index (χ4v) is 3.94. The van der Waals surface area contributed by atoms with E-state index in [1.165, 1.54) is 12.5 Å². The Morgan fingerprint density at radius 3 is 2.76 bits per heavy atom. The Kier molecular flexibility index (Phi) is 3.81. The van der Waals surface area contributed by atoms with Crippen molar-refractivity contribution >= 4 is 33.9 Å². The Morgan fingerprint density at radius 2 is 2.04 bits per heavy atom. The minimum atomic E-state index is -0.731. The smallest absolute Gasteiger partial charge is 0.274 e. The Hall–Kier alpha value is -2.65. The summed E-state index contributed by atoms with van der Waals surface area (Å²) in [4.78, 5) is 31.4. The van der Waals surface area contributed by atoms with Crippen molar-refractivity contribution in [3.8, 4) is 6.07 Å². The molecule has 1 aliphatic rings. The van der Waals surface area contributed by atoms with Crippen LogP contribution < -0.4 is 5.56 Å². The highest BCUT2D eigenvalue weighted by molar-refractivity contribution is 6.35. The van der Waals surface area contributed by atoms with Gasteiger partial charge in [-0.05, 0) is 25.0 Å². The third kappa shape index (κ3) is 2.52. The predicted molar refractivity (Wildman–Crippen MR) is 94.1 cm³/mol. The van der Waals surface area contributed by atoms with Crippen LogP contribution in [0.1, 0.15) is 54.2 Å². The topological polar surface area (TPSA) is 91.0 Å². The molecule has 0 atom stereocenters. The van der Waals surface area contributed by atoms with Crippen molar-refractivity contribution in [2.45, 2.75) is 38.0 Å². The maximum atomic E-state index is 12.4. The Morgan fingerprint density at radius 1 is 1.28 bits per heavy atom. The van der Waals surface area contributed by atoms with Gasteiger partial charge in [-0.2, -0.15) is 5.26 Å². The lowest BCUT2D eigenvalue weighted by atomic mass is 9.89. The minimum absolute atomic E-state index is 0.0889. The number of imidazole rings is 1. The molecule has 0 spiro atoms. The summed E-state index contributed by atoms with van der Waals surface area (Å²) in [5, 5.41) is 9.04. The number of halogens is 1. The van der Waals surface area contributed by atoms with Gasteiger partial charge in [-0.3, -0.25) is 14.0 Å². The van der Waals surface area contributed by atoms with E-state index in [4.69, 9.17) is 16.9 Å². The summed E-state index contributed by atoms with van der Waals surface area (Å²) in [6.07, 6.45) is 7.22. The number of ketones is 1. The van der Waals surface area contributed by atoms with Gasteiger partial charge in [0.2, 0.25) is 0 Å². The lowest BCUT2D eigenvalue weighted by Gasteiger charge is -2.21. The second-order valence-corrected chi connectivity index (χ2v) is 6.82. The number of benzene rings is 1. The molecule has 0 unspecified atom stereocenters. The fraction of sp³-hybridized carbons (Fsp3) is 0.333. The first kappa shape index (κ1) is 15.9. The molecule has 2 heterocycles. The summed E-state index contributed by atoms with van der Waals surface area (Å²) in [7, 11) is 0. The highest BCUT2D eigenvalue weighted by Crippen LogP contribution is 2.33. The highest BCUT2D eigenvalue weighted by Gasteiger charge is 2.22. The van der Waals surface area contributed by atoms with E-state index < -0.39 is 5.78 Å². The molecule has 0 aliphatic heterocycles. The first-order valence-corrected chi connectivity index (χ1v) is 8.65. The van der Waals surface area contributed by atoms with Crippen LogP contribution in [0, 0.1) is 11.3 Å². The summed E-state index contributed by atoms with van der Waals surface area (Å²) in [5.41, 5.74) is 1.43. The minimum Gasteiger partial charge on any atom is -0.319 e. The average Bonchev–Trinajstić information content (AvgIpc) is 3.08. The number of carbonyl (C=O) groups excluding carboxylic acids is 1. The number of Topliss-reactive ketones (excluding diaryl/α,β-unsaturated/α-hetero) is 1. The van der Waals surface area contributed by atoms with Crippen LogP contribution in [0.4, 0.5) is 0 Å². The molecule has 7 heteroatoms. The largest absolute Gasteiger partial charge is 0.319 e. The zero-order valence-electron chi connectivity index (χ0n) is 13.4. The number of hydrogen-bond donors (Lipinski definition) is 1. The number of nitrogens with one attached hydrogen (secondary N) is 1. The van der Waals surface area contributed by atoms with Crippen LogP contribution in [0.5, 0.6) is 0 Å². The zero-order valence-corrected chi connectivity index (χ0v) is 14.1. The summed E-state index contributed by atoms with van der Waals surface area (Å²) >= 11 is 6.22. The molecule has 1 fully saturated rings. The fourth-order valence-electron chi connectivity index (χ4n) is 3.70. The van der Waals surface area contributed by atoms with Crippen LogP contribution in [0.3, 0.4) is 0 Å². The molecule has 126 valence electrons. The van der Waals surface area contributed by atoms with E-state index in [0.717, 1.165) is 31.5 Å². The number of fused-ring (bicyclic) bond motifs is 3. The molecule has 1 aromatic carbocycles. The molecule has 6 nitrogen and oxygen atoms in total. The van der Waals surface area contributed by atoms with E-state index in [-0.39, 0.29) is 16.1 Å². The first-order chi connectivity index (χ1) is 12.1. The Bertz CT molecular complexity index is 1100. The summed E-state index contributed by atoms with van der Waals surface area (Å²) in [6.45, 7) is 0. The monoisotopic (exact) mass is 354 g/mol. The number of carbonyl (C=O) groups is 1. The van der Waals surface area contributed by atoms with Crippen molar-refractivity contribution in [3.63, 3.8) is 0 Å². The molecule has 0 saturated heterocycles. The van der Waals surface area contributed by atoms with Crippen molar-refractivity contribution in [1.29, 1.82) is 5.26 Å². The van der Waals surface area contributed by atoms with Crippen LogP contribution in [-0.4, -0.2) is 20.2 Å². The number of rotatable bonds is 2. The molecule has 2 aromatic heterocycles. The van der Waals surface area contributed by atoms with Crippen LogP contribution in [0.2, 0.25) is 5.02 Å². The van der Waals surface area contributed by atoms with Crippen LogP contribution in [0.25, 0.3) is 16.6 Å². The van der Waals surface area contributed by atoms with Gasteiger partial charge in [-0.15, -0.1) is 0 Å². The molecule has 0 bridgehead atoms. The second-order valence-electron chi connectivity index (χ2n) is 6.42. The predicted octanol–water partition coefficient (Wildman–Crippen LogP) is 3.58. The molecule has 1 N–H and O–H groups in total. The van der Waals surface area contributed by atoms with Crippen molar-refractivity contribution in [2.75, 3.05) is 0 Å². The van der Waals surface area contributed by atoms with Gasteiger partial charge < -0.3 is 4.98 Å². The van der Waals surface area contributed by atoms with Gasteiger partial charge in [0.25, 0.3) is 11.3 Å². The van der Waals surface area contributed by atoms with Gasteiger partial charge in [0.15, 0.2) is 0 Å². The normalized spacial score (nSPS) is 15.5. The van der Waals surface area contributed by atoms with E-state index in [1.807, 2.05) is 4.40 Å². The van der Waals surface area contributed by atoms with Crippen LogP contribution in [0.15, 0.2) is 23.1 Å². The van der Waals surface area contributed by atoms with Gasteiger partial charge in [-0.1, -0.05) is 30.9 Å². The summed E-state index contributed by atoms with van der Waals surface area (Å²) in [6, 6.07) is 4.65. The van der Waals surface area contributed by atoms with E-state index in [0.29, 0.717) is 22.5 Å². The molecule has 1 saturated carbocycles. The van der Waals surface area contributed by atoms with Gasteiger partial charge in [0.05, 0.1) is 27.8 Å². The SMILES string of the molecule is N#CC(=O)c1cc2[nH]c(=O)c3cnc(C4CCCCC4)n3c2cc1Cl. The average molecular weight is 355 g/mol. The maximum Gasteiger partial charge on any atom is 0.274 e. The van der Waals surface area contributed by atoms with Gasteiger partial charge in [0.1, 0.15) is 17.4 Å². The van der Waals surface area contributed by atoms with Crippen molar-refractivity contribution in [2.24, 2.45) is 0 Å². The van der Waals surface area contributed by atoms with Crippen molar-refractivity contribution < 1.29 is 4.79 Å². The van der Waals surface area contributed by atoms with Crippen LogP contribution >= 0.6 is 11.6 Å². The summed E-state index contributed by atoms with van der Waals surface area (Å²) < 4.78 is 1.84. The van der Waals surface area contributed by atoms with Crippen LogP contribution in [-0.2, 0) is 0 Å². The lowest BCUT2D eigenvalue weighted by Crippen LogP contribution is -2.14. The third-order valence-corrected chi connectivity index (χ3v) is 5.23. The van der Waals surface area contributed by atoms with Gasteiger partial charge in [0, 0.05) is 5.92 Å². The number of nitrogens with zero attached hydrogens (tertiary/aromatic N) is 3. The number of aromatic nitrogens is 3. The van der Waals surface area contributed by atoms with E-state index in [1.54, 1.807) is 18.3 Å². The molecule has 25 heavy (non-hydrogen) atoms. The van der Waals surface area contributed by atoms with E-state index >= 15 is 0 Å². The molecular weight excluding hydrogens is 340 g/mol. The molecule has 0 amide bonds. The third-order valence-electron chi connectivity index (χ3n) is 4.91. The summed E-state index contributed by atoms with van der Waals surface area (Å²) in [5.74, 6) is 0.438. The standard InChI is InChI=1S/C18H15ClN4O2/c19-12-7-14-13(6-11(12)16(24)8-20)22-18(25)15-9-21-17(23(14)15)10-4-2-1-3-5-10/h6-7,9-10H,1-5H2,(H,22,25). The second kappa shape index (κ2) is 6.01. The molecule has 4 rings (SSSR count). The highest BCUT2D eigenvalue weighted by atomic mass is 35.5. The quantitative estimate of drug-likeness (QED) is 0.562. The van der Waals surface area contributed by atoms with Crippen molar-refractivity contribution in [1.82, 2.24) is 14.4 Å². The van der Waals surface area contributed by atoms with E-state index in [2.05, 4.69) is 9.97 Å². The zero-order chi connectivity index (χ0) is 17.6. The number of hydrogen-bond acceptors (Lipinski definition) is 4.